The van der Waals surface area contributed by atoms with E-state index in [0.29, 0.717) is 23.4 Å². The van der Waals surface area contributed by atoms with Gasteiger partial charge in [-0.1, -0.05) is 25.0 Å². The highest BCUT2D eigenvalue weighted by atomic mass is 16.4. The third-order valence-corrected chi connectivity index (χ3v) is 4.76. The van der Waals surface area contributed by atoms with Crippen LogP contribution in [0.3, 0.4) is 0 Å². The summed E-state index contributed by atoms with van der Waals surface area (Å²) in [6.07, 6.45) is 5.00. The Balaban J connectivity index is 2.22. The summed E-state index contributed by atoms with van der Waals surface area (Å²) in [5.74, 6) is -0.862. The van der Waals surface area contributed by atoms with Crippen molar-refractivity contribution in [3.05, 3.63) is 45.7 Å². The molecule has 0 amide bonds. The summed E-state index contributed by atoms with van der Waals surface area (Å²) in [7, 11) is 0. The minimum Gasteiger partial charge on any atom is -0.481 e. The number of nitrogens with zero attached hydrogens (tertiary/aromatic N) is 1. The Morgan fingerprint density at radius 2 is 1.95 bits per heavy atom. The maximum atomic E-state index is 12.7. The molecule has 1 saturated carbocycles. The van der Waals surface area contributed by atoms with Crippen molar-refractivity contribution in [3.63, 3.8) is 0 Å². The van der Waals surface area contributed by atoms with Gasteiger partial charge in [0.05, 0.1) is 5.52 Å². The highest BCUT2D eigenvalue weighted by Gasteiger charge is 2.22. The van der Waals surface area contributed by atoms with Gasteiger partial charge in [0.15, 0.2) is 5.43 Å². The van der Waals surface area contributed by atoms with Gasteiger partial charge in [-0.05, 0) is 38.3 Å². The Kier molecular flexibility index (Phi) is 4.01. The molecule has 0 bridgehead atoms. The smallest absolute Gasteiger partial charge is 0.303 e. The minimum atomic E-state index is -0.862. The molecular formula is C18H21NO3. The molecule has 116 valence electrons. The Bertz CT molecular complexity index is 770. The first-order valence-corrected chi connectivity index (χ1v) is 7.94. The van der Waals surface area contributed by atoms with Crippen LogP contribution in [0.4, 0.5) is 0 Å². The van der Waals surface area contributed by atoms with Gasteiger partial charge in [0, 0.05) is 29.1 Å². The second kappa shape index (κ2) is 5.95. The number of hydrogen-bond acceptors (Lipinski definition) is 2. The fourth-order valence-electron chi connectivity index (χ4n) is 3.69. The van der Waals surface area contributed by atoms with E-state index >= 15 is 0 Å². The maximum Gasteiger partial charge on any atom is 0.303 e. The summed E-state index contributed by atoms with van der Waals surface area (Å²) in [5.41, 5.74) is 2.57. The summed E-state index contributed by atoms with van der Waals surface area (Å²) >= 11 is 0. The number of para-hydroxylation sites is 1. The zero-order valence-corrected chi connectivity index (χ0v) is 12.8. The van der Waals surface area contributed by atoms with Gasteiger partial charge >= 0.3 is 5.97 Å². The molecule has 0 radical (unpaired) electrons. The van der Waals surface area contributed by atoms with E-state index in [9.17, 15) is 9.59 Å². The van der Waals surface area contributed by atoms with Crippen LogP contribution in [-0.2, 0) is 11.2 Å². The van der Waals surface area contributed by atoms with Crippen molar-refractivity contribution < 1.29 is 9.90 Å². The molecule has 1 aromatic carbocycles. The highest BCUT2D eigenvalue weighted by Crippen LogP contribution is 2.33. The number of carbonyl (C=O) groups is 1. The molecular weight excluding hydrogens is 278 g/mol. The molecule has 1 aliphatic carbocycles. The Labute approximate surface area is 129 Å². The molecule has 1 aromatic heterocycles. The Morgan fingerprint density at radius 3 is 2.64 bits per heavy atom. The van der Waals surface area contributed by atoms with E-state index in [2.05, 4.69) is 4.57 Å². The fourth-order valence-corrected chi connectivity index (χ4v) is 3.69. The minimum absolute atomic E-state index is 0.000906. The number of fused-ring (bicyclic) bond motifs is 1. The molecule has 1 N–H and O–H groups in total. The van der Waals surface area contributed by atoms with E-state index in [1.54, 1.807) is 0 Å². The van der Waals surface area contributed by atoms with Gasteiger partial charge in [0.1, 0.15) is 0 Å². The summed E-state index contributed by atoms with van der Waals surface area (Å²) in [5, 5.41) is 9.65. The summed E-state index contributed by atoms with van der Waals surface area (Å²) in [6, 6.07) is 8.12. The molecule has 0 unspecified atom stereocenters. The number of aromatic nitrogens is 1. The van der Waals surface area contributed by atoms with E-state index < -0.39 is 5.97 Å². The van der Waals surface area contributed by atoms with Crippen molar-refractivity contribution in [3.8, 4) is 0 Å². The van der Waals surface area contributed by atoms with Crippen molar-refractivity contribution in [2.75, 3.05) is 0 Å². The fraction of sp³-hybridized carbons (Fsp3) is 0.444. The SMILES string of the molecule is Cc1c(CCC(=O)O)c(=O)c2ccccc2n1C1CCCC1. The third kappa shape index (κ3) is 2.54. The van der Waals surface area contributed by atoms with Crippen LogP contribution in [0, 0.1) is 6.92 Å². The van der Waals surface area contributed by atoms with Crippen molar-refractivity contribution in [1.82, 2.24) is 4.57 Å². The predicted molar refractivity (Wildman–Crippen MR) is 86.4 cm³/mol. The summed E-state index contributed by atoms with van der Waals surface area (Å²) in [4.78, 5) is 23.6. The zero-order chi connectivity index (χ0) is 15.7. The topological polar surface area (TPSA) is 59.3 Å². The lowest BCUT2D eigenvalue weighted by molar-refractivity contribution is -0.136. The third-order valence-electron chi connectivity index (χ3n) is 4.76. The largest absolute Gasteiger partial charge is 0.481 e. The van der Waals surface area contributed by atoms with Crippen molar-refractivity contribution in [2.24, 2.45) is 0 Å². The Morgan fingerprint density at radius 1 is 1.27 bits per heavy atom. The molecule has 1 aliphatic rings. The lowest BCUT2D eigenvalue weighted by atomic mass is 10.0. The molecule has 2 aromatic rings. The van der Waals surface area contributed by atoms with E-state index in [1.807, 2.05) is 31.2 Å². The quantitative estimate of drug-likeness (QED) is 0.940. The molecule has 0 saturated heterocycles. The van der Waals surface area contributed by atoms with E-state index in [4.69, 9.17) is 5.11 Å². The normalized spacial score (nSPS) is 15.5. The average molecular weight is 299 g/mol. The van der Waals surface area contributed by atoms with Crippen LogP contribution in [0.25, 0.3) is 10.9 Å². The summed E-state index contributed by atoms with van der Waals surface area (Å²) < 4.78 is 2.28. The first-order valence-electron chi connectivity index (χ1n) is 7.94. The van der Waals surface area contributed by atoms with Gasteiger partial charge in [0.25, 0.3) is 0 Å². The van der Waals surface area contributed by atoms with Gasteiger partial charge < -0.3 is 9.67 Å². The van der Waals surface area contributed by atoms with Gasteiger partial charge in [-0.3, -0.25) is 9.59 Å². The number of aliphatic carboxylic acids is 1. The van der Waals surface area contributed by atoms with Crippen molar-refractivity contribution >= 4 is 16.9 Å². The molecule has 1 heterocycles. The molecule has 0 spiro atoms. The van der Waals surface area contributed by atoms with Gasteiger partial charge in [-0.15, -0.1) is 0 Å². The van der Waals surface area contributed by atoms with Crippen LogP contribution in [0.2, 0.25) is 0 Å². The predicted octanol–water partition coefficient (Wildman–Crippen LogP) is 3.44. The molecule has 1 fully saturated rings. The van der Waals surface area contributed by atoms with Gasteiger partial charge in [-0.25, -0.2) is 0 Å². The Hall–Kier alpha value is -2.10. The maximum absolute atomic E-state index is 12.7. The van der Waals surface area contributed by atoms with E-state index in [1.165, 1.54) is 12.8 Å². The number of carboxylic acids is 1. The molecule has 4 nitrogen and oxygen atoms in total. The molecule has 0 atom stereocenters. The lowest BCUT2D eigenvalue weighted by Gasteiger charge is -2.23. The molecule has 4 heteroatoms. The lowest BCUT2D eigenvalue weighted by Crippen LogP contribution is -2.21. The number of rotatable bonds is 4. The average Bonchev–Trinajstić information content (AvgIpc) is 3.01. The first-order chi connectivity index (χ1) is 10.6. The number of hydrogen-bond donors (Lipinski definition) is 1. The zero-order valence-electron chi connectivity index (χ0n) is 12.8. The van der Waals surface area contributed by atoms with Crippen LogP contribution in [0.5, 0.6) is 0 Å². The number of carboxylic acid groups (broad SMARTS) is 1. The monoisotopic (exact) mass is 299 g/mol. The molecule has 3 rings (SSSR count). The second-order valence-electron chi connectivity index (χ2n) is 6.11. The molecule has 0 aliphatic heterocycles. The van der Waals surface area contributed by atoms with Crippen LogP contribution < -0.4 is 5.43 Å². The van der Waals surface area contributed by atoms with Crippen LogP contribution in [0.1, 0.15) is 49.4 Å². The molecule has 22 heavy (non-hydrogen) atoms. The van der Waals surface area contributed by atoms with Gasteiger partial charge in [0.2, 0.25) is 0 Å². The first kappa shape index (κ1) is 14.8. The van der Waals surface area contributed by atoms with Crippen LogP contribution in [0.15, 0.2) is 29.1 Å². The van der Waals surface area contributed by atoms with Crippen LogP contribution >= 0.6 is 0 Å². The van der Waals surface area contributed by atoms with Crippen LogP contribution in [-0.4, -0.2) is 15.6 Å². The van der Waals surface area contributed by atoms with Crippen molar-refractivity contribution in [2.45, 2.75) is 51.5 Å². The number of pyridine rings is 1. The highest BCUT2D eigenvalue weighted by molar-refractivity contribution is 5.80. The van der Waals surface area contributed by atoms with Crippen molar-refractivity contribution in [1.29, 1.82) is 0 Å². The van der Waals surface area contributed by atoms with E-state index in [0.717, 1.165) is 24.1 Å². The van der Waals surface area contributed by atoms with E-state index in [-0.39, 0.29) is 11.8 Å². The number of benzene rings is 1. The summed E-state index contributed by atoms with van der Waals surface area (Å²) in [6.45, 7) is 1.96. The second-order valence-corrected chi connectivity index (χ2v) is 6.11. The van der Waals surface area contributed by atoms with Gasteiger partial charge in [-0.2, -0.15) is 0 Å². The standard InChI is InChI=1S/C18H21NO3/c1-12-14(10-11-17(20)21)18(22)15-8-4-5-9-16(15)19(12)13-6-2-3-7-13/h4-5,8-9,13H,2-3,6-7,10-11H2,1H3,(H,20,21).